The van der Waals surface area contributed by atoms with Gasteiger partial charge in [-0.3, -0.25) is 4.79 Å². The van der Waals surface area contributed by atoms with Crippen LogP contribution in [0, 0.1) is 6.92 Å². The zero-order valence-corrected chi connectivity index (χ0v) is 12.7. The Morgan fingerprint density at radius 3 is 2.84 bits per heavy atom. The SMILES string of the molecule is Cc1ccc(CC(=O)N2CC[C@@](O)(CN(C)C)C2)s1. The lowest BCUT2D eigenvalue weighted by Gasteiger charge is -2.26. The Morgan fingerprint density at radius 2 is 2.26 bits per heavy atom. The van der Waals surface area contributed by atoms with Gasteiger partial charge >= 0.3 is 0 Å². The topological polar surface area (TPSA) is 43.8 Å². The molecule has 0 aliphatic carbocycles. The third-order valence-electron chi connectivity index (χ3n) is 3.42. The minimum absolute atomic E-state index is 0.122. The number of likely N-dealkylation sites (N-methyl/N-ethyl adjacent to an activating group) is 1. The van der Waals surface area contributed by atoms with Crippen LogP contribution in [0.1, 0.15) is 16.2 Å². The van der Waals surface area contributed by atoms with Crippen LogP contribution in [-0.4, -0.2) is 60.1 Å². The molecule has 1 amide bonds. The molecule has 4 nitrogen and oxygen atoms in total. The maximum atomic E-state index is 12.2. The third-order valence-corrected chi connectivity index (χ3v) is 4.42. The van der Waals surface area contributed by atoms with Crippen molar-refractivity contribution in [1.29, 1.82) is 0 Å². The van der Waals surface area contributed by atoms with Crippen molar-refractivity contribution in [3.05, 3.63) is 21.9 Å². The highest BCUT2D eigenvalue weighted by atomic mass is 32.1. The van der Waals surface area contributed by atoms with Crippen LogP contribution < -0.4 is 0 Å². The number of hydrogen-bond donors (Lipinski definition) is 1. The molecule has 1 atom stereocenters. The number of β-amino-alcohol motifs (C(OH)–C–C–N with tert-alkyl or cyclic N) is 1. The van der Waals surface area contributed by atoms with Crippen LogP contribution >= 0.6 is 11.3 Å². The number of carbonyl (C=O) groups is 1. The summed E-state index contributed by atoms with van der Waals surface area (Å²) >= 11 is 1.67. The average molecular weight is 282 g/mol. The first-order chi connectivity index (χ1) is 8.88. The summed E-state index contributed by atoms with van der Waals surface area (Å²) in [5.74, 6) is 0.122. The van der Waals surface area contributed by atoms with E-state index in [1.807, 2.05) is 38.1 Å². The van der Waals surface area contributed by atoms with E-state index in [2.05, 4.69) is 0 Å². The summed E-state index contributed by atoms with van der Waals surface area (Å²) in [4.78, 5) is 18.3. The Balaban J connectivity index is 1.91. The monoisotopic (exact) mass is 282 g/mol. The number of likely N-dealkylation sites (tertiary alicyclic amines) is 1. The molecule has 1 aliphatic rings. The molecule has 0 radical (unpaired) electrons. The number of hydrogen-bond acceptors (Lipinski definition) is 4. The predicted octanol–water partition coefficient (Wildman–Crippen LogP) is 1.12. The van der Waals surface area contributed by atoms with Crippen LogP contribution in [0.25, 0.3) is 0 Å². The van der Waals surface area contributed by atoms with Crippen molar-refractivity contribution in [2.24, 2.45) is 0 Å². The first-order valence-corrected chi connectivity index (χ1v) is 7.40. The Bertz CT molecular complexity index is 458. The summed E-state index contributed by atoms with van der Waals surface area (Å²) in [7, 11) is 3.88. The number of thiophene rings is 1. The van der Waals surface area contributed by atoms with Crippen LogP contribution in [0.4, 0.5) is 0 Å². The molecule has 0 bridgehead atoms. The predicted molar refractivity (Wildman–Crippen MR) is 77.5 cm³/mol. The molecular weight excluding hydrogens is 260 g/mol. The largest absolute Gasteiger partial charge is 0.387 e. The quantitative estimate of drug-likeness (QED) is 0.900. The molecule has 0 aromatic carbocycles. The molecule has 0 spiro atoms. The molecule has 1 fully saturated rings. The number of nitrogens with zero attached hydrogens (tertiary/aromatic N) is 2. The molecule has 1 saturated heterocycles. The molecule has 19 heavy (non-hydrogen) atoms. The molecule has 106 valence electrons. The van der Waals surface area contributed by atoms with Crippen molar-refractivity contribution in [3.8, 4) is 0 Å². The zero-order chi connectivity index (χ0) is 14.0. The van der Waals surface area contributed by atoms with Gasteiger partial charge in [-0.25, -0.2) is 0 Å². The first-order valence-electron chi connectivity index (χ1n) is 6.58. The van der Waals surface area contributed by atoms with Gasteiger partial charge in [-0.2, -0.15) is 0 Å². The van der Waals surface area contributed by atoms with Gasteiger partial charge in [-0.1, -0.05) is 0 Å². The highest BCUT2D eigenvalue weighted by Gasteiger charge is 2.38. The highest BCUT2D eigenvalue weighted by Crippen LogP contribution is 2.23. The molecule has 1 aromatic rings. The lowest BCUT2D eigenvalue weighted by molar-refractivity contribution is -0.130. The lowest BCUT2D eigenvalue weighted by atomic mass is 10.0. The van der Waals surface area contributed by atoms with E-state index < -0.39 is 5.60 Å². The van der Waals surface area contributed by atoms with Crippen molar-refractivity contribution < 1.29 is 9.90 Å². The molecule has 0 unspecified atom stereocenters. The van der Waals surface area contributed by atoms with Gasteiger partial charge in [0.25, 0.3) is 0 Å². The van der Waals surface area contributed by atoms with E-state index in [-0.39, 0.29) is 5.91 Å². The molecular formula is C14H22N2O2S. The standard InChI is InChI=1S/C14H22N2O2S/c1-11-4-5-12(19-11)8-13(17)16-7-6-14(18,10-16)9-15(2)3/h4-5,18H,6-10H2,1-3H3/t14-/m1/s1. The third kappa shape index (κ3) is 3.78. The second kappa shape index (κ2) is 5.61. The van der Waals surface area contributed by atoms with Crippen LogP contribution in [0.3, 0.4) is 0 Å². The van der Waals surface area contributed by atoms with Gasteiger partial charge in [0.1, 0.15) is 0 Å². The van der Waals surface area contributed by atoms with Crippen LogP contribution in [0.2, 0.25) is 0 Å². The smallest absolute Gasteiger partial charge is 0.227 e. The summed E-state index contributed by atoms with van der Waals surface area (Å²) in [6, 6.07) is 4.06. The average Bonchev–Trinajstić information content (AvgIpc) is 2.84. The van der Waals surface area contributed by atoms with Gasteiger partial charge in [-0.15, -0.1) is 11.3 Å². The van der Waals surface area contributed by atoms with E-state index in [4.69, 9.17) is 0 Å². The van der Waals surface area contributed by atoms with E-state index >= 15 is 0 Å². The number of amides is 1. The fraction of sp³-hybridized carbons (Fsp3) is 0.643. The van der Waals surface area contributed by atoms with E-state index in [0.717, 1.165) is 4.88 Å². The van der Waals surface area contributed by atoms with Crippen LogP contribution in [0.5, 0.6) is 0 Å². The number of aliphatic hydroxyl groups is 1. The van der Waals surface area contributed by atoms with Crippen molar-refractivity contribution in [2.75, 3.05) is 33.7 Å². The van der Waals surface area contributed by atoms with Gasteiger partial charge in [0, 0.05) is 22.8 Å². The Labute approximate surface area is 118 Å². The van der Waals surface area contributed by atoms with E-state index in [9.17, 15) is 9.90 Å². The molecule has 1 aliphatic heterocycles. The van der Waals surface area contributed by atoms with Gasteiger partial charge in [-0.05, 0) is 39.6 Å². The first kappa shape index (κ1) is 14.5. The van der Waals surface area contributed by atoms with Crippen molar-refractivity contribution in [2.45, 2.75) is 25.4 Å². The summed E-state index contributed by atoms with van der Waals surface area (Å²) in [6.45, 7) is 3.76. The molecule has 0 saturated carbocycles. The minimum atomic E-state index is -0.746. The van der Waals surface area contributed by atoms with Crippen molar-refractivity contribution in [1.82, 2.24) is 9.80 Å². The number of aryl methyl sites for hydroxylation is 1. The fourth-order valence-corrected chi connectivity index (χ4v) is 3.51. The molecule has 1 aromatic heterocycles. The second-order valence-electron chi connectivity index (χ2n) is 5.72. The molecule has 2 heterocycles. The van der Waals surface area contributed by atoms with Gasteiger partial charge < -0.3 is 14.9 Å². The number of carbonyl (C=O) groups excluding carboxylic acids is 1. The summed E-state index contributed by atoms with van der Waals surface area (Å²) in [5.41, 5.74) is -0.746. The maximum Gasteiger partial charge on any atom is 0.227 e. The van der Waals surface area contributed by atoms with Crippen LogP contribution in [0.15, 0.2) is 12.1 Å². The molecule has 5 heteroatoms. The highest BCUT2D eigenvalue weighted by molar-refractivity contribution is 7.12. The van der Waals surface area contributed by atoms with Gasteiger partial charge in [0.15, 0.2) is 0 Å². The van der Waals surface area contributed by atoms with Crippen molar-refractivity contribution in [3.63, 3.8) is 0 Å². The normalized spacial score (nSPS) is 23.3. The second-order valence-corrected chi connectivity index (χ2v) is 7.09. The number of rotatable bonds is 4. The van der Waals surface area contributed by atoms with E-state index in [0.29, 0.717) is 32.5 Å². The maximum absolute atomic E-state index is 12.2. The van der Waals surface area contributed by atoms with Crippen molar-refractivity contribution >= 4 is 17.2 Å². The summed E-state index contributed by atoms with van der Waals surface area (Å²) in [5, 5.41) is 10.4. The van der Waals surface area contributed by atoms with Gasteiger partial charge in [0.2, 0.25) is 5.91 Å². The van der Waals surface area contributed by atoms with Gasteiger partial charge in [0.05, 0.1) is 18.6 Å². The Morgan fingerprint density at radius 1 is 1.53 bits per heavy atom. The Hall–Kier alpha value is -0.910. The van der Waals surface area contributed by atoms with Crippen LogP contribution in [-0.2, 0) is 11.2 Å². The Kier molecular flexibility index (Phi) is 4.28. The molecule has 1 N–H and O–H groups in total. The van der Waals surface area contributed by atoms with E-state index in [1.165, 1.54) is 4.88 Å². The fourth-order valence-electron chi connectivity index (χ4n) is 2.63. The molecule has 2 rings (SSSR count). The minimum Gasteiger partial charge on any atom is -0.387 e. The van der Waals surface area contributed by atoms with E-state index in [1.54, 1.807) is 16.2 Å². The lowest BCUT2D eigenvalue weighted by Crippen LogP contribution is -2.43. The summed E-state index contributed by atoms with van der Waals surface area (Å²) < 4.78 is 0. The summed E-state index contributed by atoms with van der Waals surface area (Å²) in [6.07, 6.45) is 1.12. The zero-order valence-electron chi connectivity index (χ0n) is 11.8.